The fourth-order valence-electron chi connectivity index (χ4n) is 2.30. The van der Waals surface area contributed by atoms with E-state index >= 15 is 0 Å². The van der Waals surface area contributed by atoms with Crippen LogP contribution in [0.2, 0.25) is 0 Å². The molecule has 3 nitrogen and oxygen atoms in total. The third-order valence-electron chi connectivity index (χ3n) is 3.38. The summed E-state index contributed by atoms with van der Waals surface area (Å²) in [5.41, 5.74) is -0.475. The Labute approximate surface area is 105 Å². The first-order valence-corrected chi connectivity index (χ1v) is 6.89. The van der Waals surface area contributed by atoms with Gasteiger partial charge in [-0.2, -0.15) is 0 Å². The number of hydrogen-bond donors (Lipinski definition) is 2. The third-order valence-corrected chi connectivity index (χ3v) is 3.38. The first-order valence-electron chi connectivity index (χ1n) is 6.89. The first kappa shape index (κ1) is 14.7. The summed E-state index contributed by atoms with van der Waals surface area (Å²) in [6.07, 6.45) is 9.52. The van der Waals surface area contributed by atoms with Crippen molar-refractivity contribution in [2.75, 3.05) is 26.3 Å². The van der Waals surface area contributed by atoms with Crippen molar-refractivity contribution in [3.63, 3.8) is 0 Å². The van der Waals surface area contributed by atoms with Crippen LogP contribution in [0.5, 0.6) is 0 Å². The minimum absolute atomic E-state index is 0.475. The first-order chi connectivity index (χ1) is 8.27. The molecule has 3 heteroatoms. The lowest BCUT2D eigenvalue weighted by molar-refractivity contribution is 0.0233. The van der Waals surface area contributed by atoms with Crippen molar-refractivity contribution >= 4 is 0 Å². The van der Waals surface area contributed by atoms with Gasteiger partial charge in [-0.15, -0.1) is 6.58 Å². The molecule has 0 unspecified atom stereocenters. The summed E-state index contributed by atoms with van der Waals surface area (Å²) in [4.78, 5) is 0. The van der Waals surface area contributed by atoms with E-state index in [1.165, 1.54) is 12.8 Å². The van der Waals surface area contributed by atoms with Gasteiger partial charge in [-0.1, -0.05) is 31.8 Å². The smallest absolute Gasteiger partial charge is 0.0771 e. The molecule has 0 aromatic rings. The zero-order valence-corrected chi connectivity index (χ0v) is 10.9. The number of aliphatic hydroxyl groups is 1. The second-order valence-electron chi connectivity index (χ2n) is 5.01. The highest BCUT2D eigenvalue weighted by atomic mass is 16.5. The lowest BCUT2D eigenvalue weighted by Gasteiger charge is -2.26. The quantitative estimate of drug-likeness (QED) is 0.389. The van der Waals surface area contributed by atoms with Crippen molar-refractivity contribution < 1.29 is 9.84 Å². The largest absolute Gasteiger partial charge is 0.389 e. The van der Waals surface area contributed by atoms with E-state index in [0.29, 0.717) is 13.2 Å². The highest BCUT2D eigenvalue weighted by molar-refractivity contribution is 4.83. The van der Waals surface area contributed by atoms with Gasteiger partial charge in [-0.25, -0.2) is 0 Å². The van der Waals surface area contributed by atoms with Gasteiger partial charge in [-0.3, -0.25) is 0 Å². The zero-order chi connectivity index (χ0) is 12.4. The summed E-state index contributed by atoms with van der Waals surface area (Å²) in [6.45, 7) is 6.63. The van der Waals surface area contributed by atoms with Crippen molar-refractivity contribution in [1.82, 2.24) is 5.32 Å². The van der Waals surface area contributed by atoms with Crippen molar-refractivity contribution in [2.24, 2.45) is 0 Å². The fraction of sp³-hybridized carbons (Fsp3) is 0.857. The van der Waals surface area contributed by atoms with Crippen LogP contribution in [0.25, 0.3) is 0 Å². The summed E-state index contributed by atoms with van der Waals surface area (Å²) in [5.74, 6) is 0. The normalized spacial score (nSPS) is 19.8. The van der Waals surface area contributed by atoms with Crippen LogP contribution < -0.4 is 5.32 Å². The lowest BCUT2D eigenvalue weighted by Crippen LogP contribution is -2.41. The molecule has 0 aliphatic heterocycles. The Bertz CT molecular complexity index is 198. The SMILES string of the molecule is C=CCCOCCNCC1(O)CCCCCC1. The maximum atomic E-state index is 10.4. The van der Waals surface area contributed by atoms with Crippen LogP contribution in [0.4, 0.5) is 0 Å². The molecule has 1 aliphatic carbocycles. The van der Waals surface area contributed by atoms with E-state index in [4.69, 9.17) is 4.74 Å². The van der Waals surface area contributed by atoms with Gasteiger partial charge in [0.15, 0.2) is 0 Å². The Morgan fingerprint density at radius 2 is 1.88 bits per heavy atom. The second-order valence-corrected chi connectivity index (χ2v) is 5.01. The molecule has 0 radical (unpaired) electrons. The highest BCUT2D eigenvalue weighted by Gasteiger charge is 2.26. The van der Waals surface area contributed by atoms with E-state index in [9.17, 15) is 5.11 Å². The van der Waals surface area contributed by atoms with Gasteiger partial charge in [0.25, 0.3) is 0 Å². The van der Waals surface area contributed by atoms with Crippen LogP contribution in [0.3, 0.4) is 0 Å². The molecule has 17 heavy (non-hydrogen) atoms. The Morgan fingerprint density at radius 3 is 2.53 bits per heavy atom. The second kappa shape index (κ2) is 8.67. The average Bonchev–Trinajstić information content (AvgIpc) is 2.53. The molecule has 0 saturated heterocycles. The number of rotatable bonds is 8. The van der Waals surface area contributed by atoms with Crippen molar-refractivity contribution in [1.29, 1.82) is 0 Å². The number of ether oxygens (including phenoxy) is 1. The molecule has 100 valence electrons. The van der Waals surface area contributed by atoms with Gasteiger partial charge >= 0.3 is 0 Å². The van der Waals surface area contributed by atoms with E-state index in [0.717, 1.165) is 45.3 Å². The fourth-order valence-corrected chi connectivity index (χ4v) is 2.30. The van der Waals surface area contributed by atoms with E-state index in [-0.39, 0.29) is 0 Å². The van der Waals surface area contributed by atoms with Crippen LogP contribution in [0, 0.1) is 0 Å². The standard InChI is InChI=1S/C14H27NO2/c1-2-3-11-17-12-10-15-13-14(16)8-6-4-5-7-9-14/h2,15-16H,1,3-13H2. The molecule has 0 amide bonds. The number of hydrogen-bond acceptors (Lipinski definition) is 3. The van der Waals surface area contributed by atoms with E-state index in [2.05, 4.69) is 11.9 Å². The maximum absolute atomic E-state index is 10.4. The summed E-state index contributed by atoms with van der Waals surface area (Å²) in [7, 11) is 0. The molecule has 1 fully saturated rings. The number of nitrogens with one attached hydrogen (secondary N) is 1. The molecule has 2 N–H and O–H groups in total. The summed E-state index contributed by atoms with van der Waals surface area (Å²) >= 11 is 0. The van der Waals surface area contributed by atoms with Crippen molar-refractivity contribution in [3.8, 4) is 0 Å². The van der Waals surface area contributed by atoms with Crippen molar-refractivity contribution in [2.45, 2.75) is 50.5 Å². The molecule has 0 bridgehead atoms. The molecule has 0 heterocycles. The van der Waals surface area contributed by atoms with Gasteiger partial charge in [0.1, 0.15) is 0 Å². The van der Waals surface area contributed by atoms with Crippen LogP contribution in [0.1, 0.15) is 44.9 Å². The molecule has 1 saturated carbocycles. The van der Waals surface area contributed by atoms with Crippen molar-refractivity contribution in [3.05, 3.63) is 12.7 Å². The Balaban J connectivity index is 2.02. The maximum Gasteiger partial charge on any atom is 0.0771 e. The Morgan fingerprint density at radius 1 is 1.18 bits per heavy atom. The minimum atomic E-state index is -0.475. The van der Waals surface area contributed by atoms with Gasteiger partial charge < -0.3 is 15.2 Å². The molecule has 0 aromatic heterocycles. The van der Waals surface area contributed by atoms with Gasteiger partial charge in [0.2, 0.25) is 0 Å². The minimum Gasteiger partial charge on any atom is -0.389 e. The Kier molecular flexibility index (Phi) is 7.49. The molecule has 0 atom stereocenters. The summed E-state index contributed by atoms with van der Waals surface area (Å²) in [6, 6.07) is 0. The molecule has 1 aliphatic rings. The van der Waals surface area contributed by atoms with Gasteiger partial charge in [0.05, 0.1) is 18.8 Å². The molecule has 0 spiro atoms. The van der Waals surface area contributed by atoms with Crippen LogP contribution >= 0.6 is 0 Å². The molecular formula is C14H27NO2. The van der Waals surface area contributed by atoms with Crippen LogP contribution in [-0.4, -0.2) is 37.0 Å². The Hall–Kier alpha value is -0.380. The van der Waals surface area contributed by atoms with Gasteiger partial charge in [-0.05, 0) is 19.3 Å². The lowest BCUT2D eigenvalue weighted by atomic mass is 9.94. The predicted molar refractivity (Wildman–Crippen MR) is 71.2 cm³/mol. The molecule has 1 rings (SSSR count). The monoisotopic (exact) mass is 241 g/mol. The average molecular weight is 241 g/mol. The molecule has 0 aromatic carbocycles. The third kappa shape index (κ3) is 6.81. The zero-order valence-electron chi connectivity index (χ0n) is 10.9. The van der Waals surface area contributed by atoms with E-state index < -0.39 is 5.60 Å². The summed E-state index contributed by atoms with van der Waals surface area (Å²) in [5, 5.41) is 13.7. The van der Waals surface area contributed by atoms with Crippen LogP contribution in [-0.2, 0) is 4.74 Å². The van der Waals surface area contributed by atoms with E-state index in [1.54, 1.807) is 0 Å². The topological polar surface area (TPSA) is 41.5 Å². The van der Waals surface area contributed by atoms with Gasteiger partial charge in [0, 0.05) is 13.1 Å². The highest BCUT2D eigenvalue weighted by Crippen LogP contribution is 2.26. The van der Waals surface area contributed by atoms with Crippen LogP contribution in [0.15, 0.2) is 12.7 Å². The summed E-state index contributed by atoms with van der Waals surface area (Å²) < 4.78 is 5.41. The molecular weight excluding hydrogens is 214 g/mol. The van der Waals surface area contributed by atoms with E-state index in [1.807, 2.05) is 6.08 Å². The predicted octanol–water partition coefficient (Wildman–Crippen LogP) is 2.25.